The van der Waals surface area contributed by atoms with Crippen molar-refractivity contribution in [2.75, 3.05) is 60.2 Å². The van der Waals surface area contributed by atoms with Crippen molar-refractivity contribution < 1.29 is 33.3 Å². The van der Waals surface area contributed by atoms with Gasteiger partial charge in [0.2, 0.25) is 5.91 Å². The zero-order valence-electron chi connectivity index (χ0n) is 43.9. The molecule has 0 saturated heterocycles. The van der Waals surface area contributed by atoms with Gasteiger partial charge < -0.3 is 28.7 Å². The molecule has 0 rings (SSSR count). The van der Waals surface area contributed by atoms with Crippen molar-refractivity contribution in [3.8, 4) is 0 Å². The number of hydrogen-bond donors (Lipinski definition) is 0. The molecule has 0 radical (unpaired) electrons. The Kier molecular flexibility index (Phi) is 48.0. The van der Waals surface area contributed by atoms with E-state index in [1.165, 1.54) is 77.0 Å². The Hall–Kier alpha value is -2.75. The number of rotatable bonds is 49. The molecule has 0 heterocycles. The predicted molar refractivity (Wildman–Crippen MR) is 279 cm³/mol. The van der Waals surface area contributed by atoms with Crippen molar-refractivity contribution in [1.29, 1.82) is 0 Å². The van der Waals surface area contributed by atoms with Crippen molar-refractivity contribution in [1.82, 2.24) is 9.80 Å². The first kappa shape index (κ1) is 63.2. The first-order valence-electron chi connectivity index (χ1n) is 27.3. The van der Waals surface area contributed by atoms with Gasteiger partial charge in [0.25, 0.3) is 0 Å². The van der Waals surface area contributed by atoms with E-state index >= 15 is 0 Å². The lowest BCUT2D eigenvalue weighted by Crippen LogP contribution is -2.40. The van der Waals surface area contributed by atoms with Crippen LogP contribution in [0.25, 0.3) is 0 Å². The smallest absolute Gasteiger partial charge is 0.305 e. The van der Waals surface area contributed by atoms with Crippen molar-refractivity contribution in [3.63, 3.8) is 0 Å². The molecule has 0 spiro atoms. The number of amides is 1. The summed E-state index contributed by atoms with van der Waals surface area (Å²) in [6, 6.07) is 0. The lowest BCUT2D eigenvalue weighted by atomic mass is 10.1. The van der Waals surface area contributed by atoms with Crippen molar-refractivity contribution in [2.45, 2.75) is 233 Å². The Morgan fingerprint density at radius 1 is 0.455 bits per heavy atom. The van der Waals surface area contributed by atoms with Crippen LogP contribution in [0.1, 0.15) is 227 Å². The molecule has 9 heteroatoms. The highest BCUT2D eigenvalue weighted by atomic mass is 16.7. The average molecular weight is 929 g/mol. The molecule has 9 nitrogen and oxygen atoms in total. The maximum absolute atomic E-state index is 13.7. The summed E-state index contributed by atoms with van der Waals surface area (Å²) in [5.41, 5.74) is 0. The van der Waals surface area contributed by atoms with Crippen LogP contribution < -0.4 is 0 Å². The molecular formula is C57H104N2O7. The Bertz CT molecular complexity index is 1190. The Labute approximate surface area is 407 Å². The SMILES string of the molecule is CC/C=C\CCCCOC(CCC(=O)OCC(COC(=O)CCCCCCC/C=C\CCCCCCCC)CN(CCCN(C)C)C(=O)CC/C=C\CCCCC)OCCCC/C=C\CC. The number of esters is 2. The molecule has 0 aromatic carbocycles. The fourth-order valence-electron chi connectivity index (χ4n) is 7.56. The van der Waals surface area contributed by atoms with Crippen LogP contribution in [-0.2, 0) is 33.3 Å². The third-order valence-electron chi connectivity index (χ3n) is 11.7. The van der Waals surface area contributed by atoms with Gasteiger partial charge in [-0.3, -0.25) is 14.4 Å². The molecule has 0 aliphatic heterocycles. The lowest BCUT2D eigenvalue weighted by molar-refractivity contribution is -0.161. The summed E-state index contributed by atoms with van der Waals surface area (Å²) in [4.78, 5) is 44.0. The highest BCUT2D eigenvalue weighted by Crippen LogP contribution is 2.15. The van der Waals surface area contributed by atoms with Gasteiger partial charge in [0, 0.05) is 51.5 Å². The highest BCUT2D eigenvalue weighted by Gasteiger charge is 2.23. The minimum atomic E-state index is -0.478. The topological polar surface area (TPSA) is 94.6 Å². The summed E-state index contributed by atoms with van der Waals surface area (Å²) < 4.78 is 24.0. The fourth-order valence-corrected chi connectivity index (χ4v) is 7.56. The van der Waals surface area contributed by atoms with Crippen molar-refractivity contribution in [2.24, 2.45) is 5.92 Å². The second kappa shape index (κ2) is 50.1. The number of ether oxygens (including phenoxy) is 4. The third-order valence-corrected chi connectivity index (χ3v) is 11.7. The lowest BCUT2D eigenvalue weighted by Gasteiger charge is -2.28. The number of hydrogen-bond acceptors (Lipinski definition) is 8. The van der Waals surface area contributed by atoms with E-state index in [2.05, 4.69) is 81.2 Å². The van der Waals surface area contributed by atoms with E-state index in [0.29, 0.717) is 52.0 Å². The van der Waals surface area contributed by atoms with Gasteiger partial charge in [-0.25, -0.2) is 0 Å². The molecular weight excluding hydrogens is 825 g/mol. The molecule has 0 aromatic heterocycles. The van der Waals surface area contributed by atoms with Crippen LogP contribution in [0.3, 0.4) is 0 Å². The molecule has 1 atom stereocenters. The zero-order valence-corrected chi connectivity index (χ0v) is 43.9. The van der Waals surface area contributed by atoms with Crippen LogP contribution in [-0.4, -0.2) is 94.1 Å². The molecule has 0 aromatic rings. The van der Waals surface area contributed by atoms with Gasteiger partial charge in [0.15, 0.2) is 6.29 Å². The molecule has 0 bridgehead atoms. The summed E-state index contributed by atoms with van der Waals surface area (Å²) in [6.07, 6.45) is 48.6. The van der Waals surface area contributed by atoms with Crippen molar-refractivity contribution >= 4 is 17.8 Å². The van der Waals surface area contributed by atoms with Gasteiger partial charge in [0.05, 0.1) is 19.6 Å². The first-order valence-corrected chi connectivity index (χ1v) is 27.3. The molecule has 1 amide bonds. The van der Waals surface area contributed by atoms with Crippen LogP contribution in [0.15, 0.2) is 48.6 Å². The molecule has 0 aliphatic rings. The fraction of sp³-hybridized carbons (Fsp3) is 0.807. The van der Waals surface area contributed by atoms with E-state index in [1.54, 1.807) is 0 Å². The number of unbranched alkanes of at least 4 members (excludes halogenated alkanes) is 18. The van der Waals surface area contributed by atoms with Gasteiger partial charge >= 0.3 is 11.9 Å². The van der Waals surface area contributed by atoms with E-state index in [9.17, 15) is 14.4 Å². The number of nitrogens with zero attached hydrogens (tertiary/aromatic N) is 2. The number of carbonyl (C=O) groups is 3. The minimum absolute atomic E-state index is 0.0667. The van der Waals surface area contributed by atoms with E-state index in [1.807, 2.05) is 19.0 Å². The molecule has 0 N–H and O–H groups in total. The zero-order chi connectivity index (χ0) is 48.4. The number of allylic oxidation sites excluding steroid dienone is 8. The minimum Gasteiger partial charge on any atom is -0.465 e. The first-order chi connectivity index (χ1) is 32.3. The maximum atomic E-state index is 13.7. The second-order valence-corrected chi connectivity index (χ2v) is 18.5. The largest absolute Gasteiger partial charge is 0.465 e. The van der Waals surface area contributed by atoms with Gasteiger partial charge in [-0.15, -0.1) is 0 Å². The Morgan fingerprint density at radius 3 is 1.42 bits per heavy atom. The maximum Gasteiger partial charge on any atom is 0.305 e. The summed E-state index contributed by atoms with van der Waals surface area (Å²) in [5, 5.41) is 0. The average Bonchev–Trinajstić information content (AvgIpc) is 3.30. The summed E-state index contributed by atoms with van der Waals surface area (Å²) in [7, 11) is 4.07. The van der Waals surface area contributed by atoms with Crippen LogP contribution in [0, 0.1) is 5.92 Å². The molecule has 66 heavy (non-hydrogen) atoms. The van der Waals surface area contributed by atoms with E-state index in [-0.39, 0.29) is 43.4 Å². The summed E-state index contributed by atoms with van der Waals surface area (Å²) in [5.74, 6) is -0.845. The van der Waals surface area contributed by atoms with E-state index in [0.717, 1.165) is 96.4 Å². The molecule has 0 fully saturated rings. The Morgan fingerprint density at radius 2 is 0.894 bits per heavy atom. The van der Waals surface area contributed by atoms with Gasteiger partial charge in [-0.05, 0) is 130 Å². The number of carbonyl (C=O) groups excluding carboxylic acids is 3. The third kappa shape index (κ3) is 45.1. The van der Waals surface area contributed by atoms with Gasteiger partial charge in [-0.2, -0.15) is 0 Å². The van der Waals surface area contributed by atoms with Crippen LogP contribution in [0.2, 0.25) is 0 Å². The van der Waals surface area contributed by atoms with Crippen LogP contribution in [0.4, 0.5) is 0 Å². The highest BCUT2D eigenvalue weighted by molar-refractivity contribution is 5.76. The predicted octanol–water partition coefficient (Wildman–Crippen LogP) is 14.8. The molecule has 1 unspecified atom stereocenters. The second-order valence-electron chi connectivity index (χ2n) is 18.5. The van der Waals surface area contributed by atoms with Crippen LogP contribution >= 0.6 is 0 Å². The Balaban J connectivity index is 5.39. The molecule has 0 aliphatic carbocycles. The normalized spacial score (nSPS) is 12.5. The van der Waals surface area contributed by atoms with Gasteiger partial charge in [-0.1, -0.05) is 141 Å². The quantitative estimate of drug-likeness (QED) is 0.0258. The van der Waals surface area contributed by atoms with Crippen LogP contribution in [0.5, 0.6) is 0 Å². The van der Waals surface area contributed by atoms with Crippen molar-refractivity contribution in [3.05, 3.63) is 48.6 Å². The van der Waals surface area contributed by atoms with E-state index in [4.69, 9.17) is 18.9 Å². The summed E-state index contributed by atoms with van der Waals surface area (Å²) >= 11 is 0. The molecule has 0 saturated carbocycles. The van der Waals surface area contributed by atoms with E-state index < -0.39 is 6.29 Å². The standard InChI is InChI=1S/C57H104N2O7/c1-7-11-15-19-23-24-25-26-27-28-29-30-32-34-38-43-55(61)65-51-53(50-59(47-41-46-58(5)6)54(60)42-37-33-31-20-16-12-8-2)52-66-56(62)44-45-57(63-48-39-35-21-17-13-9-3)64-49-40-36-22-18-14-10-4/h13-14,17-18,26-27,31,33,53,57H,7-12,15-16,19-25,28-30,32,34-52H2,1-6H3/b17-13-,18-14-,27-26-,33-31-. The molecule has 384 valence electrons. The van der Waals surface area contributed by atoms with Gasteiger partial charge in [0.1, 0.15) is 0 Å². The summed E-state index contributed by atoms with van der Waals surface area (Å²) in [6.45, 7) is 11.9. The monoisotopic (exact) mass is 929 g/mol.